The Bertz CT molecular complexity index is 901. The Morgan fingerprint density at radius 1 is 1.24 bits per heavy atom. The number of hydrogen-bond acceptors (Lipinski definition) is 4. The maximum absolute atomic E-state index is 13.2. The molecule has 1 unspecified atom stereocenters. The summed E-state index contributed by atoms with van der Waals surface area (Å²) >= 11 is 0. The fourth-order valence-corrected chi connectivity index (χ4v) is 3.28. The molecule has 0 bridgehead atoms. The Balaban J connectivity index is 1.56. The van der Waals surface area contributed by atoms with Crippen LogP contribution in [0, 0.1) is 5.82 Å². The van der Waals surface area contributed by atoms with Crippen LogP contribution in [0.15, 0.2) is 53.1 Å². The number of amides is 1. The van der Waals surface area contributed by atoms with Gasteiger partial charge in [0.15, 0.2) is 11.2 Å². The van der Waals surface area contributed by atoms with Gasteiger partial charge in [0.25, 0.3) is 5.91 Å². The summed E-state index contributed by atoms with van der Waals surface area (Å²) in [5.41, 5.74) is 0.799. The van der Waals surface area contributed by atoms with Gasteiger partial charge < -0.3 is 14.6 Å². The second-order valence-corrected chi connectivity index (χ2v) is 6.10. The van der Waals surface area contributed by atoms with Crippen LogP contribution in [0.25, 0.3) is 11.0 Å². The molecular weight excluding hydrogens is 323 g/mol. The van der Waals surface area contributed by atoms with Crippen molar-refractivity contribution in [3.05, 3.63) is 65.6 Å². The number of nitrogens with one attached hydrogen (secondary N) is 1. The fourth-order valence-electron chi connectivity index (χ4n) is 3.28. The second-order valence-electron chi connectivity index (χ2n) is 6.10. The molecule has 1 aliphatic rings. The number of ether oxygens (including phenoxy) is 1. The van der Waals surface area contributed by atoms with Crippen molar-refractivity contribution in [3.8, 4) is 0 Å². The maximum Gasteiger partial charge on any atom is 0.257 e. The van der Waals surface area contributed by atoms with Crippen molar-refractivity contribution in [1.29, 1.82) is 0 Å². The van der Waals surface area contributed by atoms with Crippen molar-refractivity contribution in [2.24, 2.45) is 0 Å². The molecule has 128 valence electrons. The van der Waals surface area contributed by atoms with Gasteiger partial charge in [0.1, 0.15) is 11.5 Å². The van der Waals surface area contributed by atoms with E-state index in [1.807, 2.05) is 30.3 Å². The molecule has 4 rings (SSSR count). The number of carbonyl (C=O) groups excluding carboxylic acids is 1. The Hall–Kier alpha value is -2.73. The maximum atomic E-state index is 13.2. The van der Waals surface area contributed by atoms with Crippen LogP contribution in [0.1, 0.15) is 24.1 Å². The average molecular weight is 340 g/mol. The van der Waals surface area contributed by atoms with E-state index in [-0.39, 0.29) is 18.3 Å². The zero-order valence-corrected chi connectivity index (χ0v) is 13.5. The molecule has 3 aromatic rings. The smallest absolute Gasteiger partial charge is 0.257 e. The molecule has 1 aromatic heterocycles. The molecule has 2 aromatic carbocycles. The molecule has 1 amide bonds. The number of aromatic nitrogens is 1. The third-order valence-electron chi connectivity index (χ3n) is 4.55. The van der Waals surface area contributed by atoms with Crippen molar-refractivity contribution >= 4 is 16.9 Å². The zero-order valence-electron chi connectivity index (χ0n) is 13.5. The summed E-state index contributed by atoms with van der Waals surface area (Å²) in [5.74, 6) is -0.587. The van der Waals surface area contributed by atoms with E-state index < -0.39 is 5.60 Å². The van der Waals surface area contributed by atoms with Gasteiger partial charge in [-0.05, 0) is 30.5 Å². The molecule has 0 aliphatic carbocycles. The van der Waals surface area contributed by atoms with E-state index in [0.29, 0.717) is 29.7 Å². The molecule has 0 saturated carbocycles. The first-order valence-electron chi connectivity index (χ1n) is 8.21. The average Bonchev–Trinajstić information content (AvgIpc) is 3.28. The zero-order chi connectivity index (χ0) is 17.3. The summed E-state index contributed by atoms with van der Waals surface area (Å²) in [4.78, 5) is 12.9. The topological polar surface area (TPSA) is 64.4 Å². The van der Waals surface area contributed by atoms with Crippen molar-refractivity contribution in [3.63, 3.8) is 0 Å². The molecule has 1 saturated heterocycles. The second kappa shape index (κ2) is 6.29. The highest BCUT2D eigenvalue weighted by atomic mass is 19.1. The molecular formula is C19H17FN2O3. The van der Waals surface area contributed by atoms with E-state index >= 15 is 0 Å². The number of nitrogens with zero attached hydrogens (tertiary/aromatic N) is 1. The van der Waals surface area contributed by atoms with Gasteiger partial charge in [0, 0.05) is 18.1 Å². The summed E-state index contributed by atoms with van der Waals surface area (Å²) in [6, 6.07) is 13.7. The lowest BCUT2D eigenvalue weighted by molar-refractivity contribution is -0.142. The summed E-state index contributed by atoms with van der Waals surface area (Å²) in [7, 11) is 0. The van der Waals surface area contributed by atoms with Crippen LogP contribution in [-0.4, -0.2) is 17.7 Å². The first-order valence-corrected chi connectivity index (χ1v) is 8.21. The van der Waals surface area contributed by atoms with Gasteiger partial charge >= 0.3 is 0 Å². The largest absolute Gasteiger partial charge is 0.360 e. The van der Waals surface area contributed by atoms with E-state index in [2.05, 4.69) is 10.5 Å². The Morgan fingerprint density at radius 2 is 2.08 bits per heavy atom. The molecule has 0 spiro atoms. The van der Waals surface area contributed by atoms with E-state index in [0.717, 1.165) is 12.0 Å². The van der Waals surface area contributed by atoms with Crippen LogP contribution in [0.3, 0.4) is 0 Å². The molecule has 1 fully saturated rings. The lowest BCUT2D eigenvalue weighted by atomic mass is 9.90. The van der Waals surface area contributed by atoms with Gasteiger partial charge in [-0.15, -0.1) is 0 Å². The Kier molecular flexibility index (Phi) is 3.97. The summed E-state index contributed by atoms with van der Waals surface area (Å²) < 4.78 is 24.2. The van der Waals surface area contributed by atoms with E-state index in [9.17, 15) is 9.18 Å². The summed E-state index contributed by atoms with van der Waals surface area (Å²) in [6.07, 6.45) is 1.46. The highest BCUT2D eigenvalue weighted by Gasteiger charge is 2.44. The number of hydrogen-bond donors (Lipinski definition) is 1. The first kappa shape index (κ1) is 15.8. The fraction of sp³-hybridized carbons (Fsp3) is 0.263. The molecule has 25 heavy (non-hydrogen) atoms. The van der Waals surface area contributed by atoms with Crippen molar-refractivity contribution in [2.45, 2.75) is 25.0 Å². The SMILES string of the molecule is O=C(NCc1noc2cc(F)ccc12)C1(c2ccccc2)CCCO1. The highest BCUT2D eigenvalue weighted by Crippen LogP contribution is 2.36. The van der Waals surface area contributed by atoms with Crippen LogP contribution in [0.4, 0.5) is 4.39 Å². The molecule has 2 heterocycles. The standard InChI is InChI=1S/C19H17FN2O3/c20-14-7-8-15-16(22-25-17(15)11-14)12-21-18(23)19(9-4-10-24-19)13-5-2-1-3-6-13/h1-3,5-8,11H,4,9-10,12H2,(H,21,23). The molecule has 1 N–H and O–H groups in total. The number of fused-ring (bicyclic) bond motifs is 1. The van der Waals surface area contributed by atoms with E-state index in [4.69, 9.17) is 9.26 Å². The van der Waals surface area contributed by atoms with Gasteiger partial charge in [-0.1, -0.05) is 35.5 Å². The quantitative estimate of drug-likeness (QED) is 0.791. The van der Waals surface area contributed by atoms with Crippen LogP contribution < -0.4 is 5.32 Å². The van der Waals surface area contributed by atoms with Crippen molar-refractivity contribution in [1.82, 2.24) is 10.5 Å². The van der Waals surface area contributed by atoms with Crippen LogP contribution in [0.2, 0.25) is 0 Å². The van der Waals surface area contributed by atoms with E-state index in [1.54, 1.807) is 6.07 Å². The van der Waals surface area contributed by atoms with Gasteiger partial charge in [-0.2, -0.15) is 0 Å². The van der Waals surface area contributed by atoms with Gasteiger partial charge in [-0.25, -0.2) is 4.39 Å². The predicted octanol–water partition coefficient (Wildman–Crippen LogP) is 3.29. The van der Waals surface area contributed by atoms with Crippen molar-refractivity contribution < 1.29 is 18.4 Å². The monoisotopic (exact) mass is 340 g/mol. The minimum Gasteiger partial charge on any atom is -0.360 e. The highest BCUT2D eigenvalue weighted by molar-refractivity contribution is 5.87. The Morgan fingerprint density at radius 3 is 2.84 bits per heavy atom. The molecule has 5 nitrogen and oxygen atoms in total. The van der Waals surface area contributed by atoms with Crippen molar-refractivity contribution in [2.75, 3.05) is 6.61 Å². The van der Waals surface area contributed by atoms with Gasteiger partial charge in [0.05, 0.1) is 6.54 Å². The summed E-state index contributed by atoms with van der Waals surface area (Å²) in [5, 5.41) is 7.51. The molecule has 1 aliphatic heterocycles. The van der Waals surface area contributed by atoms with E-state index in [1.165, 1.54) is 12.1 Å². The lowest BCUT2D eigenvalue weighted by Gasteiger charge is -2.27. The van der Waals surface area contributed by atoms with Gasteiger partial charge in [0.2, 0.25) is 0 Å². The molecule has 0 radical (unpaired) electrons. The predicted molar refractivity (Wildman–Crippen MR) is 89.1 cm³/mol. The lowest BCUT2D eigenvalue weighted by Crippen LogP contribution is -2.43. The van der Waals surface area contributed by atoms with Crippen LogP contribution in [0.5, 0.6) is 0 Å². The summed E-state index contributed by atoms with van der Waals surface area (Å²) in [6.45, 7) is 0.740. The Labute approximate surface area is 143 Å². The number of benzene rings is 2. The number of carbonyl (C=O) groups is 1. The number of rotatable bonds is 4. The van der Waals surface area contributed by atoms with Crippen LogP contribution in [-0.2, 0) is 21.7 Å². The normalized spacial score (nSPS) is 20.0. The van der Waals surface area contributed by atoms with Crippen LogP contribution >= 0.6 is 0 Å². The number of halogens is 1. The minimum absolute atomic E-state index is 0.190. The first-order chi connectivity index (χ1) is 12.2. The van der Waals surface area contributed by atoms with Gasteiger partial charge in [-0.3, -0.25) is 4.79 Å². The third-order valence-corrected chi connectivity index (χ3v) is 4.55. The molecule has 6 heteroatoms. The molecule has 1 atom stereocenters. The minimum atomic E-state index is -0.965. The third kappa shape index (κ3) is 2.78.